The Balaban J connectivity index is 1.30. The summed E-state index contributed by atoms with van der Waals surface area (Å²) in [7, 11) is 0. The van der Waals surface area contributed by atoms with Crippen LogP contribution in [0.2, 0.25) is 0 Å². The molecule has 2 aromatic heterocycles. The first-order valence-corrected chi connectivity index (χ1v) is 14.3. The summed E-state index contributed by atoms with van der Waals surface area (Å²) < 4.78 is 55.8. The number of aromatic nitrogens is 2. The number of rotatable bonds is 5. The fraction of sp³-hybridized carbons (Fsp3) is 0.387. The van der Waals surface area contributed by atoms with Crippen molar-refractivity contribution in [2.75, 3.05) is 49.2 Å². The molecule has 5 heterocycles. The van der Waals surface area contributed by atoms with Crippen LogP contribution >= 0.6 is 0 Å². The predicted molar refractivity (Wildman–Crippen MR) is 153 cm³/mol. The fourth-order valence-electron chi connectivity index (χ4n) is 6.49. The molecule has 1 N–H and O–H groups in total. The summed E-state index contributed by atoms with van der Waals surface area (Å²) in [6, 6.07) is 10.6. The molecule has 43 heavy (non-hydrogen) atoms. The number of alkyl halides is 3. The molecule has 0 saturated carbocycles. The quantitative estimate of drug-likeness (QED) is 0.320. The van der Waals surface area contributed by atoms with Crippen molar-refractivity contribution < 1.29 is 32.2 Å². The van der Waals surface area contributed by atoms with Crippen LogP contribution in [0.15, 0.2) is 57.9 Å². The van der Waals surface area contributed by atoms with Crippen molar-refractivity contribution >= 4 is 28.8 Å². The molecule has 9 nitrogen and oxygen atoms in total. The summed E-state index contributed by atoms with van der Waals surface area (Å²) in [5.41, 5.74) is -0.135. The molecule has 3 saturated heterocycles. The van der Waals surface area contributed by atoms with Gasteiger partial charge in [0.1, 0.15) is 11.1 Å². The number of fused-ring (bicyclic) bond motifs is 1. The molecule has 0 atom stereocenters. The Labute approximate surface area is 244 Å². The standard InChI is InChI=1S/C31H29F3N4O5/c32-31(33,34)22-13-19(3-6-24(22)36-9-1-2-10-36)25-15-26(39)21(28(40)41)16-38(25)20-4-5-23-27(14-20)43-29(35-23)37-17-30(18-37)7-11-42-12-8-30/h3-6,13-16H,1-2,7-12,17-18H2,(H,40,41). The minimum Gasteiger partial charge on any atom is -0.477 e. The zero-order chi connectivity index (χ0) is 29.9. The van der Waals surface area contributed by atoms with E-state index in [1.165, 1.54) is 16.7 Å². The summed E-state index contributed by atoms with van der Waals surface area (Å²) in [6.45, 7) is 4.19. The molecule has 0 unspecified atom stereocenters. The topological polar surface area (TPSA) is 101 Å². The van der Waals surface area contributed by atoms with Crippen LogP contribution in [0.5, 0.6) is 0 Å². The van der Waals surface area contributed by atoms with E-state index in [1.807, 2.05) is 0 Å². The van der Waals surface area contributed by atoms with Crippen molar-refractivity contribution in [3.63, 3.8) is 0 Å². The number of hydrogen-bond donors (Lipinski definition) is 1. The van der Waals surface area contributed by atoms with Crippen molar-refractivity contribution in [1.29, 1.82) is 0 Å². The van der Waals surface area contributed by atoms with E-state index in [-0.39, 0.29) is 22.4 Å². The Bertz CT molecular complexity index is 1780. The molecule has 7 rings (SSSR count). The minimum absolute atomic E-state index is 0.0916. The number of aromatic carboxylic acids is 1. The van der Waals surface area contributed by atoms with E-state index in [9.17, 15) is 27.9 Å². The minimum atomic E-state index is -4.63. The number of pyridine rings is 1. The number of nitrogens with zero attached hydrogens (tertiary/aromatic N) is 4. The number of carbonyl (C=O) groups is 1. The van der Waals surface area contributed by atoms with Gasteiger partial charge < -0.3 is 28.6 Å². The van der Waals surface area contributed by atoms with Gasteiger partial charge in [-0.3, -0.25) is 4.79 Å². The highest BCUT2D eigenvalue weighted by Crippen LogP contribution is 2.43. The number of benzene rings is 2. The summed E-state index contributed by atoms with van der Waals surface area (Å²) in [4.78, 5) is 33.1. The number of anilines is 2. The summed E-state index contributed by atoms with van der Waals surface area (Å²) >= 11 is 0. The lowest BCUT2D eigenvalue weighted by atomic mass is 9.74. The van der Waals surface area contributed by atoms with E-state index in [1.54, 1.807) is 23.1 Å². The maximum Gasteiger partial charge on any atom is 0.418 e. The predicted octanol–water partition coefficient (Wildman–Crippen LogP) is 5.58. The molecular weight excluding hydrogens is 565 g/mol. The van der Waals surface area contributed by atoms with Crippen LogP contribution in [0.1, 0.15) is 41.6 Å². The second-order valence-electron chi connectivity index (χ2n) is 11.7. The van der Waals surface area contributed by atoms with E-state index in [4.69, 9.17) is 9.15 Å². The van der Waals surface area contributed by atoms with E-state index >= 15 is 0 Å². The van der Waals surface area contributed by atoms with Gasteiger partial charge >= 0.3 is 12.1 Å². The maximum absolute atomic E-state index is 14.3. The number of oxazole rings is 1. The van der Waals surface area contributed by atoms with Gasteiger partial charge in [0, 0.05) is 74.5 Å². The smallest absolute Gasteiger partial charge is 0.418 e. The average Bonchev–Trinajstić information content (AvgIpc) is 3.65. The van der Waals surface area contributed by atoms with Crippen LogP contribution in [0.4, 0.5) is 24.9 Å². The molecule has 224 valence electrons. The average molecular weight is 595 g/mol. The van der Waals surface area contributed by atoms with Crippen LogP contribution in [0.3, 0.4) is 0 Å². The highest BCUT2D eigenvalue weighted by atomic mass is 19.4. The van der Waals surface area contributed by atoms with Gasteiger partial charge in [-0.15, -0.1) is 0 Å². The lowest BCUT2D eigenvalue weighted by molar-refractivity contribution is -0.137. The highest BCUT2D eigenvalue weighted by Gasteiger charge is 2.45. The summed E-state index contributed by atoms with van der Waals surface area (Å²) in [5.74, 6) is -1.44. The van der Waals surface area contributed by atoms with Gasteiger partial charge in [-0.1, -0.05) is 6.07 Å². The Morgan fingerprint density at radius 1 is 0.977 bits per heavy atom. The molecule has 0 bridgehead atoms. The first kappa shape index (κ1) is 27.5. The van der Waals surface area contributed by atoms with Gasteiger partial charge in [0.05, 0.1) is 11.3 Å². The van der Waals surface area contributed by atoms with Crippen molar-refractivity contribution in [1.82, 2.24) is 9.55 Å². The van der Waals surface area contributed by atoms with E-state index in [0.29, 0.717) is 35.9 Å². The number of carboxylic acid groups (broad SMARTS) is 1. The fourth-order valence-corrected chi connectivity index (χ4v) is 6.49. The van der Waals surface area contributed by atoms with Crippen LogP contribution in [0, 0.1) is 5.41 Å². The first-order chi connectivity index (χ1) is 20.6. The molecule has 4 aromatic rings. The van der Waals surface area contributed by atoms with E-state index < -0.39 is 28.7 Å². The molecule has 3 aliphatic rings. The number of ether oxygens (including phenoxy) is 1. The van der Waals surface area contributed by atoms with Gasteiger partial charge in [0.2, 0.25) is 0 Å². The Morgan fingerprint density at radius 3 is 2.42 bits per heavy atom. The van der Waals surface area contributed by atoms with Crippen molar-refractivity contribution in [3.8, 4) is 16.9 Å². The van der Waals surface area contributed by atoms with Gasteiger partial charge in [-0.05, 0) is 55.5 Å². The molecule has 2 aromatic carbocycles. The third-order valence-corrected chi connectivity index (χ3v) is 8.84. The Hall–Kier alpha value is -4.32. The molecule has 3 aliphatic heterocycles. The number of hydrogen-bond acceptors (Lipinski definition) is 7. The molecular formula is C31H29F3N4O5. The largest absolute Gasteiger partial charge is 0.477 e. The lowest BCUT2D eigenvalue weighted by Gasteiger charge is -2.51. The second kappa shape index (κ2) is 10.1. The number of halogens is 3. The highest BCUT2D eigenvalue weighted by molar-refractivity contribution is 5.88. The number of carboxylic acids is 1. The van der Waals surface area contributed by atoms with Crippen molar-refractivity contribution in [2.45, 2.75) is 31.9 Å². The Morgan fingerprint density at radius 2 is 1.72 bits per heavy atom. The maximum atomic E-state index is 14.3. The van der Waals surface area contributed by atoms with Gasteiger partial charge in [-0.2, -0.15) is 18.2 Å². The molecule has 0 aliphatic carbocycles. The normalized spacial score (nSPS) is 18.4. The first-order valence-electron chi connectivity index (χ1n) is 14.3. The molecule has 0 radical (unpaired) electrons. The molecule has 0 amide bonds. The van der Waals surface area contributed by atoms with E-state index in [2.05, 4.69) is 9.88 Å². The van der Waals surface area contributed by atoms with Gasteiger partial charge in [0.25, 0.3) is 6.01 Å². The van der Waals surface area contributed by atoms with Crippen molar-refractivity contribution in [2.24, 2.45) is 5.41 Å². The SMILES string of the molecule is O=C(O)c1cn(-c2ccc3nc(N4CC5(CCOCC5)C4)oc3c2)c(-c2ccc(N3CCCC3)c(C(F)(F)F)c2)cc1=O. The summed E-state index contributed by atoms with van der Waals surface area (Å²) in [5, 5.41) is 9.67. The zero-order valence-electron chi connectivity index (χ0n) is 23.2. The van der Waals surface area contributed by atoms with Crippen LogP contribution < -0.4 is 15.2 Å². The monoisotopic (exact) mass is 594 g/mol. The van der Waals surface area contributed by atoms with E-state index in [0.717, 1.165) is 70.3 Å². The van der Waals surface area contributed by atoms with Crippen LogP contribution in [-0.2, 0) is 10.9 Å². The molecule has 1 spiro atoms. The Kier molecular flexibility index (Phi) is 6.49. The third kappa shape index (κ3) is 4.93. The van der Waals surface area contributed by atoms with Crippen LogP contribution in [-0.4, -0.2) is 60.0 Å². The second-order valence-corrected chi connectivity index (χ2v) is 11.7. The van der Waals surface area contributed by atoms with Gasteiger partial charge in [0.15, 0.2) is 11.0 Å². The van der Waals surface area contributed by atoms with Crippen LogP contribution in [0.25, 0.3) is 28.0 Å². The molecule has 12 heteroatoms. The lowest BCUT2D eigenvalue weighted by Crippen LogP contribution is -2.58. The molecule has 3 fully saturated rings. The van der Waals surface area contributed by atoms with Crippen molar-refractivity contribution in [3.05, 3.63) is 70.0 Å². The summed E-state index contributed by atoms with van der Waals surface area (Å²) in [6.07, 6.45) is 0.122. The van der Waals surface area contributed by atoms with Gasteiger partial charge in [-0.25, -0.2) is 4.79 Å². The third-order valence-electron chi connectivity index (χ3n) is 8.84. The zero-order valence-corrected chi connectivity index (χ0v) is 23.2.